The third kappa shape index (κ3) is 2.68. The normalized spacial score (nSPS) is 10.4. The Hall–Kier alpha value is -1.87. The van der Waals surface area contributed by atoms with Gasteiger partial charge in [0.05, 0.1) is 12.2 Å². The van der Waals surface area contributed by atoms with Crippen molar-refractivity contribution in [3.8, 4) is 11.5 Å². The van der Waals surface area contributed by atoms with E-state index < -0.39 is 5.82 Å². The number of ether oxygens (including phenoxy) is 1. The largest absolute Gasteiger partial charge is 0.457 e. The third-order valence-corrected chi connectivity index (χ3v) is 2.77. The maximum atomic E-state index is 13.5. The molecule has 0 bridgehead atoms. The molecular weight excluding hydrogens is 231 g/mol. The molecule has 2 aromatic rings. The predicted molar refractivity (Wildman–Crippen MR) is 68.2 cm³/mol. The minimum atomic E-state index is -0.457. The molecule has 0 amide bonds. The summed E-state index contributed by atoms with van der Waals surface area (Å²) in [6.45, 7) is 1.68. The van der Waals surface area contributed by atoms with Gasteiger partial charge in [0, 0.05) is 0 Å². The molecule has 1 N–H and O–H groups in total. The van der Waals surface area contributed by atoms with Crippen LogP contribution in [-0.4, -0.2) is 5.11 Å². The molecule has 18 heavy (non-hydrogen) atoms. The van der Waals surface area contributed by atoms with Gasteiger partial charge in [0.1, 0.15) is 17.3 Å². The summed E-state index contributed by atoms with van der Waals surface area (Å²) in [7, 11) is 0. The summed E-state index contributed by atoms with van der Waals surface area (Å²) in [5.74, 6) is 0.544. The van der Waals surface area contributed by atoms with Gasteiger partial charge in [0.25, 0.3) is 0 Å². The molecule has 0 atom stereocenters. The van der Waals surface area contributed by atoms with Crippen molar-refractivity contribution >= 4 is 0 Å². The highest BCUT2D eigenvalue weighted by Crippen LogP contribution is 2.27. The summed E-state index contributed by atoms with van der Waals surface area (Å²) in [6, 6.07) is 12.1. The molecule has 3 heteroatoms. The molecule has 0 aliphatic heterocycles. The molecule has 94 valence electrons. The highest BCUT2D eigenvalue weighted by Gasteiger charge is 2.09. The molecule has 0 spiro atoms. The molecule has 0 heterocycles. The van der Waals surface area contributed by atoms with Crippen LogP contribution in [0.3, 0.4) is 0 Å². The first-order valence-corrected chi connectivity index (χ1v) is 5.89. The lowest BCUT2D eigenvalue weighted by Crippen LogP contribution is -1.95. The van der Waals surface area contributed by atoms with E-state index >= 15 is 0 Å². The Morgan fingerprint density at radius 3 is 2.67 bits per heavy atom. The lowest BCUT2D eigenvalue weighted by atomic mass is 10.1. The zero-order chi connectivity index (χ0) is 13.0. The monoisotopic (exact) mass is 246 g/mol. The van der Waals surface area contributed by atoms with Crippen molar-refractivity contribution in [2.24, 2.45) is 0 Å². The Morgan fingerprint density at radius 2 is 1.94 bits per heavy atom. The molecule has 0 saturated carbocycles. The lowest BCUT2D eigenvalue weighted by Gasteiger charge is -2.11. The van der Waals surface area contributed by atoms with E-state index in [4.69, 9.17) is 9.84 Å². The number of rotatable bonds is 4. The first kappa shape index (κ1) is 12.6. The molecule has 0 saturated heterocycles. The SMILES string of the molecule is CCc1cccc(Oc2cccc(F)c2CO)c1. The number of halogens is 1. The van der Waals surface area contributed by atoms with Gasteiger partial charge in [0.2, 0.25) is 0 Å². The van der Waals surface area contributed by atoms with Gasteiger partial charge in [-0.3, -0.25) is 0 Å². The van der Waals surface area contributed by atoms with Crippen molar-refractivity contribution in [3.05, 3.63) is 59.4 Å². The van der Waals surface area contributed by atoms with Gasteiger partial charge in [-0.2, -0.15) is 0 Å². The van der Waals surface area contributed by atoms with Crippen molar-refractivity contribution in [3.63, 3.8) is 0 Å². The van der Waals surface area contributed by atoms with E-state index in [0.29, 0.717) is 11.5 Å². The summed E-state index contributed by atoms with van der Waals surface area (Å²) >= 11 is 0. The number of aliphatic hydroxyl groups excluding tert-OH is 1. The van der Waals surface area contributed by atoms with Gasteiger partial charge in [0.15, 0.2) is 0 Å². The number of hydrogen-bond donors (Lipinski definition) is 1. The summed E-state index contributed by atoms with van der Waals surface area (Å²) in [5, 5.41) is 9.16. The Labute approximate surface area is 106 Å². The topological polar surface area (TPSA) is 29.5 Å². The van der Waals surface area contributed by atoms with Crippen LogP contribution >= 0.6 is 0 Å². The van der Waals surface area contributed by atoms with Gasteiger partial charge in [-0.25, -0.2) is 4.39 Å². The molecule has 0 unspecified atom stereocenters. The Bertz CT molecular complexity index is 538. The summed E-state index contributed by atoms with van der Waals surface area (Å²) in [5.41, 5.74) is 1.33. The number of aliphatic hydroxyl groups is 1. The van der Waals surface area contributed by atoms with Crippen LogP contribution in [0.15, 0.2) is 42.5 Å². The standard InChI is InChI=1S/C15H15FO2/c1-2-11-5-3-6-12(9-11)18-15-8-4-7-14(16)13(15)10-17/h3-9,17H,2,10H2,1H3. The van der Waals surface area contributed by atoms with E-state index in [9.17, 15) is 4.39 Å². The van der Waals surface area contributed by atoms with Gasteiger partial charge in [-0.15, -0.1) is 0 Å². The molecular formula is C15H15FO2. The van der Waals surface area contributed by atoms with Crippen LogP contribution in [0.4, 0.5) is 4.39 Å². The molecule has 0 aliphatic rings. The quantitative estimate of drug-likeness (QED) is 0.891. The van der Waals surface area contributed by atoms with Crippen LogP contribution in [0, 0.1) is 5.82 Å². The molecule has 0 radical (unpaired) electrons. The smallest absolute Gasteiger partial charge is 0.135 e. The lowest BCUT2D eigenvalue weighted by molar-refractivity contribution is 0.270. The Balaban J connectivity index is 2.30. The second-order valence-electron chi connectivity index (χ2n) is 3.98. The van der Waals surface area contributed by atoms with E-state index in [1.807, 2.05) is 24.3 Å². The second-order valence-corrected chi connectivity index (χ2v) is 3.98. The van der Waals surface area contributed by atoms with Crippen LogP contribution in [0.5, 0.6) is 11.5 Å². The van der Waals surface area contributed by atoms with E-state index in [2.05, 4.69) is 6.92 Å². The third-order valence-electron chi connectivity index (χ3n) is 2.77. The first-order chi connectivity index (χ1) is 8.74. The van der Waals surface area contributed by atoms with Gasteiger partial charge >= 0.3 is 0 Å². The van der Waals surface area contributed by atoms with Crippen molar-refractivity contribution in [2.75, 3.05) is 0 Å². The van der Waals surface area contributed by atoms with Crippen LogP contribution in [0.1, 0.15) is 18.1 Å². The molecule has 0 fully saturated rings. The summed E-state index contributed by atoms with van der Waals surface area (Å²) < 4.78 is 19.1. The minimum absolute atomic E-state index is 0.180. The zero-order valence-electron chi connectivity index (χ0n) is 10.2. The first-order valence-electron chi connectivity index (χ1n) is 5.89. The second kappa shape index (κ2) is 5.65. The fourth-order valence-electron chi connectivity index (χ4n) is 1.74. The van der Waals surface area contributed by atoms with Crippen molar-refractivity contribution in [1.82, 2.24) is 0 Å². The maximum absolute atomic E-state index is 13.5. The average Bonchev–Trinajstić information content (AvgIpc) is 2.39. The maximum Gasteiger partial charge on any atom is 0.135 e. The van der Waals surface area contributed by atoms with E-state index in [1.54, 1.807) is 12.1 Å². The van der Waals surface area contributed by atoms with Crippen molar-refractivity contribution in [1.29, 1.82) is 0 Å². The zero-order valence-corrected chi connectivity index (χ0v) is 10.2. The number of aryl methyl sites for hydroxylation is 1. The summed E-state index contributed by atoms with van der Waals surface area (Å²) in [6.07, 6.45) is 0.910. The molecule has 2 nitrogen and oxygen atoms in total. The fourth-order valence-corrected chi connectivity index (χ4v) is 1.74. The van der Waals surface area contributed by atoms with Gasteiger partial charge in [-0.1, -0.05) is 25.1 Å². The average molecular weight is 246 g/mol. The highest BCUT2D eigenvalue weighted by molar-refractivity contribution is 5.39. The highest BCUT2D eigenvalue weighted by atomic mass is 19.1. The summed E-state index contributed by atoms with van der Waals surface area (Å²) in [4.78, 5) is 0. The molecule has 2 aromatic carbocycles. The van der Waals surface area contributed by atoms with Crippen LogP contribution < -0.4 is 4.74 Å². The number of benzene rings is 2. The van der Waals surface area contributed by atoms with Gasteiger partial charge in [-0.05, 0) is 36.2 Å². The molecule has 0 aliphatic carbocycles. The fraction of sp³-hybridized carbons (Fsp3) is 0.200. The van der Waals surface area contributed by atoms with Crippen molar-refractivity contribution < 1.29 is 14.2 Å². The number of hydrogen-bond acceptors (Lipinski definition) is 2. The predicted octanol–water partition coefficient (Wildman–Crippen LogP) is 3.67. The minimum Gasteiger partial charge on any atom is -0.457 e. The van der Waals surface area contributed by atoms with Crippen LogP contribution in [-0.2, 0) is 13.0 Å². The molecule has 2 rings (SSSR count). The Morgan fingerprint density at radius 1 is 1.17 bits per heavy atom. The van der Waals surface area contributed by atoms with Gasteiger partial charge < -0.3 is 9.84 Å². The van der Waals surface area contributed by atoms with E-state index in [-0.39, 0.29) is 12.2 Å². The van der Waals surface area contributed by atoms with Crippen LogP contribution in [0.25, 0.3) is 0 Å². The van der Waals surface area contributed by atoms with E-state index in [1.165, 1.54) is 6.07 Å². The Kier molecular flexibility index (Phi) is 3.95. The van der Waals surface area contributed by atoms with Crippen LogP contribution in [0.2, 0.25) is 0 Å². The van der Waals surface area contributed by atoms with Crippen molar-refractivity contribution in [2.45, 2.75) is 20.0 Å². The van der Waals surface area contributed by atoms with E-state index in [0.717, 1.165) is 12.0 Å². The molecule has 0 aromatic heterocycles.